The molecule has 2 aromatic carbocycles. The van der Waals surface area contributed by atoms with Gasteiger partial charge in [-0.05, 0) is 48.9 Å². The van der Waals surface area contributed by atoms with Crippen LogP contribution in [0.2, 0.25) is 0 Å². The molecule has 0 saturated carbocycles. The van der Waals surface area contributed by atoms with Crippen LogP contribution in [0.3, 0.4) is 0 Å². The number of aromatic nitrogens is 6. The summed E-state index contributed by atoms with van der Waals surface area (Å²) in [6, 6.07) is 16.2. The van der Waals surface area contributed by atoms with Gasteiger partial charge in [0.2, 0.25) is 5.16 Å². The third-order valence-electron chi connectivity index (χ3n) is 5.18. The summed E-state index contributed by atoms with van der Waals surface area (Å²) in [5.41, 5.74) is 5.11. The Hall–Kier alpha value is -3.30. The number of tetrazole rings is 1. The van der Waals surface area contributed by atoms with Gasteiger partial charge in [0, 0.05) is 10.4 Å². The van der Waals surface area contributed by atoms with E-state index in [2.05, 4.69) is 51.7 Å². The summed E-state index contributed by atoms with van der Waals surface area (Å²) in [5.74, 6) is 1.05. The number of hydrogen-bond acceptors (Lipinski definition) is 7. The first-order valence-electron chi connectivity index (χ1n) is 10.1. The average molecular weight is 461 g/mol. The Balaban J connectivity index is 1.45. The van der Waals surface area contributed by atoms with Crippen LogP contribution in [0.25, 0.3) is 27.0 Å². The molecule has 0 atom stereocenters. The number of aryl methyl sites for hydroxylation is 3. The molecule has 160 valence electrons. The first kappa shape index (κ1) is 20.6. The SMILES string of the molecule is Cc1ccc(-c2c(C)sc3nc(CSc4nnnn4-c4ccc(C)cc4)[nH]c(=O)c23)cc1. The highest BCUT2D eigenvalue weighted by molar-refractivity contribution is 7.98. The van der Waals surface area contributed by atoms with Crippen molar-refractivity contribution in [2.75, 3.05) is 0 Å². The third-order valence-corrected chi connectivity index (χ3v) is 7.11. The van der Waals surface area contributed by atoms with E-state index < -0.39 is 0 Å². The summed E-state index contributed by atoms with van der Waals surface area (Å²) in [7, 11) is 0. The van der Waals surface area contributed by atoms with E-state index in [0.717, 1.165) is 26.5 Å². The highest BCUT2D eigenvalue weighted by atomic mass is 32.2. The number of benzene rings is 2. The summed E-state index contributed by atoms with van der Waals surface area (Å²) in [6.07, 6.45) is 0. The minimum absolute atomic E-state index is 0.122. The molecule has 0 aliphatic heterocycles. The smallest absolute Gasteiger partial charge is 0.260 e. The van der Waals surface area contributed by atoms with Gasteiger partial charge in [-0.25, -0.2) is 4.98 Å². The molecule has 0 fully saturated rings. The minimum atomic E-state index is -0.122. The number of nitrogens with one attached hydrogen (secondary N) is 1. The predicted molar refractivity (Wildman–Crippen MR) is 129 cm³/mol. The van der Waals surface area contributed by atoms with E-state index >= 15 is 0 Å². The van der Waals surface area contributed by atoms with E-state index in [1.807, 2.05) is 38.1 Å². The first-order valence-corrected chi connectivity index (χ1v) is 11.9. The zero-order valence-electron chi connectivity index (χ0n) is 17.8. The molecule has 3 heterocycles. The van der Waals surface area contributed by atoms with Gasteiger partial charge in [0.05, 0.1) is 16.8 Å². The summed E-state index contributed by atoms with van der Waals surface area (Å²) < 4.78 is 1.69. The topological polar surface area (TPSA) is 89.3 Å². The molecule has 0 amide bonds. The van der Waals surface area contributed by atoms with Crippen molar-refractivity contribution in [3.8, 4) is 16.8 Å². The molecule has 9 heteroatoms. The van der Waals surface area contributed by atoms with E-state index in [0.29, 0.717) is 22.1 Å². The molecule has 5 aromatic rings. The van der Waals surface area contributed by atoms with Crippen molar-refractivity contribution in [1.82, 2.24) is 30.2 Å². The Morgan fingerprint density at radius 2 is 1.69 bits per heavy atom. The van der Waals surface area contributed by atoms with Gasteiger partial charge in [-0.1, -0.05) is 59.3 Å². The van der Waals surface area contributed by atoms with Crippen LogP contribution in [0, 0.1) is 20.8 Å². The highest BCUT2D eigenvalue weighted by Gasteiger charge is 2.17. The molecule has 1 N–H and O–H groups in total. The first-order chi connectivity index (χ1) is 15.5. The molecular formula is C23H20N6OS2. The highest BCUT2D eigenvalue weighted by Crippen LogP contribution is 2.35. The van der Waals surface area contributed by atoms with Crippen LogP contribution in [-0.4, -0.2) is 30.2 Å². The van der Waals surface area contributed by atoms with E-state index in [4.69, 9.17) is 4.98 Å². The fourth-order valence-corrected chi connectivity index (χ4v) is 5.38. The molecule has 5 rings (SSSR count). The van der Waals surface area contributed by atoms with Crippen molar-refractivity contribution in [2.24, 2.45) is 0 Å². The number of thioether (sulfide) groups is 1. The molecular weight excluding hydrogens is 440 g/mol. The fourth-order valence-electron chi connectivity index (χ4n) is 3.55. The Morgan fingerprint density at radius 1 is 1.00 bits per heavy atom. The molecule has 0 radical (unpaired) electrons. The van der Waals surface area contributed by atoms with Crippen LogP contribution < -0.4 is 5.56 Å². The Morgan fingerprint density at radius 3 is 2.41 bits per heavy atom. The lowest BCUT2D eigenvalue weighted by Gasteiger charge is -2.05. The van der Waals surface area contributed by atoms with Gasteiger partial charge >= 0.3 is 0 Å². The minimum Gasteiger partial charge on any atom is -0.309 e. The number of fused-ring (bicyclic) bond motifs is 1. The van der Waals surface area contributed by atoms with Gasteiger partial charge in [-0.3, -0.25) is 4.79 Å². The number of aromatic amines is 1. The zero-order chi connectivity index (χ0) is 22.2. The number of H-pyrrole nitrogens is 1. The van der Waals surface area contributed by atoms with E-state index in [9.17, 15) is 4.79 Å². The second kappa shape index (κ2) is 8.33. The quantitative estimate of drug-likeness (QED) is 0.377. The second-order valence-electron chi connectivity index (χ2n) is 7.59. The Kier molecular flexibility index (Phi) is 5.36. The largest absolute Gasteiger partial charge is 0.309 e. The molecule has 0 bridgehead atoms. The van der Waals surface area contributed by atoms with Gasteiger partial charge in [-0.2, -0.15) is 4.68 Å². The van der Waals surface area contributed by atoms with Gasteiger partial charge in [0.25, 0.3) is 5.56 Å². The van der Waals surface area contributed by atoms with E-state index in [1.54, 1.807) is 16.0 Å². The van der Waals surface area contributed by atoms with Crippen molar-refractivity contribution in [3.63, 3.8) is 0 Å². The van der Waals surface area contributed by atoms with Crippen molar-refractivity contribution < 1.29 is 0 Å². The lowest BCUT2D eigenvalue weighted by molar-refractivity contribution is 0.756. The van der Waals surface area contributed by atoms with Crippen molar-refractivity contribution >= 4 is 33.3 Å². The summed E-state index contributed by atoms with van der Waals surface area (Å²) in [4.78, 5) is 22.5. The monoisotopic (exact) mass is 460 g/mol. The van der Waals surface area contributed by atoms with Crippen LogP contribution in [0.4, 0.5) is 0 Å². The number of thiophene rings is 1. The number of rotatable bonds is 5. The molecule has 0 aliphatic carbocycles. The summed E-state index contributed by atoms with van der Waals surface area (Å²) in [5, 5.41) is 13.3. The van der Waals surface area contributed by atoms with Gasteiger partial charge in [0.15, 0.2) is 0 Å². The maximum absolute atomic E-state index is 13.0. The molecule has 0 saturated heterocycles. The molecule has 0 spiro atoms. The predicted octanol–water partition coefficient (Wildman–Crippen LogP) is 4.84. The van der Waals surface area contributed by atoms with Gasteiger partial charge in [0.1, 0.15) is 10.7 Å². The van der Waals surface area contributed by atoms with Gasteiger partial charge < -0.3 is 4.98 Å². The van der Waals surface area contributed by atoms with Crippen LogP contribution in [-0.2, 0) is 5.75 Å². The van der Waals surface area contributed by atoms with Crippen LogP contribution >= 0.6 is 23.1 Å². The molecule has 0 unspecified atom stereocenters. The summed E-state index contributed by atoms with van der Waals surface area (Å²) in [6.45, 7) is 6.12. The normalized spacial score (nSPS) is 11.3. The van der Waals surface area contributed by atoms with Gasteiger partial charge in [-0.15, -0.1) is 16.4 Å². The van der Waals surface area contributed by atoms with Crippen LogP contribution in [0.15, 0.2) is 58.5 Å². The van der Waals surface area contributed by atoms with Crippen LogP contribution in [0.5, 0.6) is 0 Å². The van der Waals surface area contributed by atoms with Crippen molar-refractivity contribution in [2.45, 2.75) is 31.7 Å². The maximum atomic E-state index is 13.0. The van der Waals surface area contributed by atoms with E-state index in [-0.39, 0.29) is 5.56 Å². The molecule has 32 heavy (non-hydrogen) atoms. The van der Waals surface area contributed by atoms with Crippen LogP contribution in [0.1, 0.15) is 21.8 Å². The summed E-state index contributed by atoms with van der Waals surface area (Å²) >= 11 is 2.98. The Labute approximate surface area is 192 Å². The third kappa shape index (κ3) is 3.85. The lowest BCUT2D eigenvalue weighted by Crippen LogP contribution is -2.11. The standard InChI is InChI=1S/C23H20N6OS2/c1-13-4-8-16(9-5-13)19-15(3)32-22-20(19)21(30)24-18(25-22)12-31-23-26-27-28-29(23)17-10-6-14(2)7-11-17/h4-11H,12H2,1-3H3,(H,24,25,30). The maximum Gasteiger partial charge on any atom is 0.260 e. The fraction of sp³-hybridized carbons (Fsp3) is 0.174. The number of nitrogens with zero attached hydrogens (tertiary/aromatic N) is 5. The Bertz CT molecular complexity index is 1470. The number of hydrogen-bond donors (Lipinski definition) is 1. The average Bonchev–Trinajstić information content (AvgIpc) is 3.37. The molecule has 0 aliphatic rings. The molecule has 3 aromatic heterocycles. The second-order valence-corrected chi connectivity index (χ2v) is 9.74. The van der Waals surface area contributed by atoms with Crippen molar-refractivity contribution in [3.05, 3.63) is 80.7 Å². The van der Waals surface area contributed by atoms with Crippen molar-refractivity contribution in [1.29, 1.82) is 0 Å². The lowest BCUT2D eigenvalue weighted by atomic mass is 10.0. The molecule has 7 nitrogen and oxygen atoms in total. The zero-order valence-corrected chi connectivity index (χ0v) is 19.4. The van der Waals surface area contributed by atoms with E-state index in [1.165, 1.54) is 22.9 Å².